The van der Waals surface area contributed by atoms with Gasteiger partial charge in [0.25, 0.3) is 5.91 Å². The molecule has 0 aromatic carbocycles. The molecule has 2 aliphatic rings. The van der Waals surface area contributed by atoms with Crippen molar-refractivity contribution in [1.82, 2.24) is 19.4 Å². The first-order valence-corrected chi connectivity index (χ1v) is 8.87. The molecular formula is C12H15F3N4O3S. The van der Waals surface area contributed by atoms with E-state index in [4.69, 9.17) is 0 Å². The minimum absolute atomic E-state index is 0.0994. The fourth-order valence-corrected chi connectivity index (χ4v) is 3.23. The maximum Gasteiger partial charge on any atom is 0.435 e. The normalized spacial score (nSPS) is 19.7. The molecule has 0 atom stereocenters. The first-order valence-electron chi connectivity index (χ1n) is 6.98. The summed E-state index contributed by atoms with van der Waals surface area (Å²) in [7, 11) is -3.38. The van der Waals surface area contributed by atoms with E-state index in [9.17, 15) is 26.4 Å². The molecule has 1 saturated carbocycles. The second kappa shape index (κ2) is 5.20. The van der Waals surface area contributed by atoms with Gasteiger partial charge in [-0.1, -0.05) is 0 Å². The van der Waals surface area contributed by atoms with Crippen molar-refractivity contribution in [2.24, 2.45) is 0 Å². The first kappa shape index (κ1) is 16.2. The van der Waals surface area contributed by atoms with Crippen molar-refractivity contribution in [3.8, 4) is 0 Å². The topological polar surface area (TPSA) is 84.3 Å². The van der Waals surface area contributed by atoms with Gasteiger partial charge in [-0.3, -0.25) is 9.48 Å². The molecule has 1 N–H and O–H groups in total. The highest BCUT2D eigenvalue weighted by molar-refractivity contribution is 7.88. The van der Waals surface area contributed by atoms with Crippen LogP contribution in [0.25, 0.3) is 0 Å². The molecule has 2 heterocycles. The summed E-state index contributed by atoms with van der Waals surface area (Å²) in [6.07, 6.45) is -2.21. The smallest absolute Gasteiger partial charge is 0.334 e. The van der Waals surface area contributed by atoms with Crippen molar-refractivity contribution >= 4 is 15.9 Å². The third-order valence-electron chi connectivity index (χ3n) is 3.69. The zero-order valence-corrected chi connectivity index (χ0v) is 13.0. The highest BCUT2D eigenvalue weighted by Gasteiger charge is 2.41. The molecule has 128 valence electrons. The molecule has 3 rings (SSSR count). The Balaban J connectivity index is 1.74. The molecule has 0 spiro atoms. The van der Waals surface area contributed by atoms with E-state index in [2.05, 4.69) is 9.82 Å². The number of carbonyl (C=O) groups is 1. The molecule has 0 unspecified atom stereocenters. The number of sulfonamides is 1. The van der Waals surface area contributed by atoms with Crippen LogP contribution in [0.4, 0.5) is 13.2 Å². The van der Waals surface area contributed by atoms with Crippen molar-refractivity contribution in [2.75, 3.05) is 19.3 Å². The molecule has 2 fully saturated rings. The second-order valence-corrected chi connectivity index (χ2v) is 7.67. The van der Waals surface area contributed by atoms with E-state index >= 15 is 0 Å². The molecule has 11 heteroatoms. The summed E-state index contributed by atoms with van der Waals surface area (Å²) in [6.45, 7) is 0.256. The van der Waals surface area contributed by atoms with Crippen LogP contribution in [0.15, 0.2) is 6.07 Å². The number of rotatable bonds is 4. The molecule has 1 aliphatic carbocycles. The number of hydrogen-bond acceptors (Lipinski definition) is 4. The highest BCUT2D eigenvalue weighted by atomic mass is 32.2. The Kier molecular flexibility index (Phi) is 3.67. The lowest BCUT2D eigenvalue weighted by atomic mass is 10.1. The van der Waals surface area contributed by atoms with E-state index in [1.165, 1.54) is 4.90 Å². The SMILES string of the molecule is CS(=O)(=O)NC1CN(C(=O)c2cc(C(F)(F)F)nn2C2CC2)C1. The van der Waals surface area contributed by atoms with Gasteiger partial charge in [0.15, 0.2) is 5.69 Å². The number of amides is 1. The summed E-state index contributed by atoms with van der Waals surface area (Å²) in [6, 6.07) is 0.183. The summed E-state index contributed by atoms with van der Waals surface area (Å²) < 4.78 is 64.1. The van der Waals surface area contributed by atoms with Gasteiger partial charge in [0.2, 0.25) is 10.0 Å². The molecule has 0 radical (unpaired) electrons. The molecule has 1 aromatic heterocycles. The molecule has 23 heavy (non-hydrogen) atoms. The van der Waals surface area contributed by atoms with E-state index in [0.29, 0.717) is 12.8 Å². The van der Waals surface area contributed by atoms with E-state index in [1.807, 2.05) is 0 Å². The Bertz CT molecular complexity index is 733. The number of hydrogen-bond donors (Lipinski definition) is 1. The van der Waals surface area contributed by atoms with Crippen LogP contribution in [0.3, 0.4) is 0 Å². The standard InChI is InChI=1S/C12H15F3N4O3S/c1-23(21,22)17-7-5-18(6-7)11(20)9-4-10(12(13,14)15)16-19(9)8-2-3-8/h4,7-8,17H,2-3,5-6H2,1H3. The molecule has 1 amide bonds. The number of nitrogens with one attached hydrogen (secondary N) is 1. The van der Waals surface area contributed by atoms with Gasteiger partial charge in [-0.15, -0.1) is 0 Å². The van der Waals surface area contributed by atoms with Gasteiger partial charge in [0, 0.05) is 19.2 Å². The summed E-state index contributed by atoms with van der Waals surface area (Å²) in [5.41, 5.74) is -1.18. The lowest BCUT2D eigenvalue weighted by Gasteiger charge is -2.39. The van der Waals surface area contributed by atoms with E-state index in [-0.39, 0.29) is 24.8 Å². The predicted molar refractivity (Wildman–Crippen MR) is 73.2 cm³/mol. The Morgan fingerprint density at radius 3 is 2.43 bits per heavy atom. The van der Waals surface area contributed by atoms with Gasteiger partial charge >= 0.3 is 6.18 Å². The number of aromatic nitrogens is 2. The van der Waals surface area contributed by atoms with Gasteiger partial charge in [-0.05, 0) is 12.8 Å². The van der Waals surface area contributed by atoms with Crippen LogP contribution >= 0.6 is 0 Å². The third kappa shape index (κ3) is 3.50. The Morgan fingerprint density at radius 1 is 1.35 bits per heavy atom. The van der Waals surface area contributed by atoms with Crippen LogP contribution in [0.2, 0.25) is 0 Å². The molecule has 1 aliphatic heterocycles. The zero-order valence-electron chi connectivity index (χ0n) is 12.2. The minimum atomic E-state index is -4.61. The average molecular weight is 352 g/mol. The van der Waals surface area contributed by atoms with Crippen molar-refractivity contribution in [1.29, 1.82) is 0 Å². The monoisotopic (exact) mass is 352 g/mol. The zero-order chi connectivity index (χ0) is 17.0. The number of halogens is 3. The lowest BCUT2D eigenvalue weighted by Crippen LogP contribution is -2.60. The van der Waals surface area contributed by atoms with Crippen LogP contribution in [-0.4, -0.2) is 54.4 Å². The number of carbonyl (C=O) groups excluding carboxylic acids is 1. The number of alkyl halides is 3. The maximum absolute atomic E-state index is 12.8. The van der Waals surface area contributed by atoms with Crippen LogP contribution in [0.5, 0.6) is 0 Å². The van der Waals surface area contributed by atoms with Crippen molar-refractivity contribution in [3.05, 3.63) is 17.5 Å². The molecule has 7 nitrogen and oxygen atoms in total. The Hall–Kier alpha value is -1.62. The summed E-state index contributed by atoms with van der Waals surface area (Å²) in [5.74, 6) is -0.563. The largest absolute Gasteiger partial charge is 0.435 e. The fourth-order valence-electron chi connectivity index (χ4n) is 2.47. The van der Waals surface area contributed by atoms with Crippen LogP contribution in [0, 0.1) is 0 Å². The maximum atomic E-state index is 12.8. The molecular weight excluding hydrogens is 337 g/mol. The van der Waals surface area contributed by atoms with Gasteiger partial charge in [0.05, 0.1) is 18.3 Å². The fraction of sp³-hybridized carbons (Fsp3) is 0.667. The Morgan fingerprint density at radius 2 is 1.96 bits per heavy atom. The molecule has 1 aromatic rings. The summed E-state index contributed by atoms with van der Waals surface area (Å²) in [4.78, 5) is 13.7. The van der Waals surface area contributed by atoms with E-state index in [0.717, 1.165) is 17.0 Å². The summed E-state index contributed by atoms with van der Waals surface area (Å²) >= 11 is 0. The van der Waals surface area contributed by atoms with Crippen LogP contribution < -0.4 is 4.72 Å². The molecule has 1 saturated heterocycles. The van der Waals surface area contributed by atoms with E-state index in [1.54, 1.807) is 0 Å². The van der Waals surface area contributed by atoms with Gasteiger partial charge in [0.1, 0.15) is 5.69 Å². The van der Waals surface area contributed by atoms with Crippen LogP contribution in [-0.2, 0) is 16.2 Å². The molecule has 0 bridgehead atoms. The quantitative estimate of drug-likeness (QED) is 0.861. The van der Waals surface area contributed by atoms with E-state index < -0.39 is 33.8 Å². The van der Waals surface area contributed by atoms with Gasteiger partial charge < -0.3 is 4.90 Å². The van der Waals surface area contributed by atoms with Gasteiger partial charge in [-0.2, -0.15) is 18.3 Å². The van der Waals surface area contributed by atoms with Crippen molar-refractivity contribution in [3.63, 3.8) is 0 Å². The van der Waals surface area contributed by atoms with Crippen molar-refractivity contribution < 1.29 is 26.4 Å². The lowest BCUT2D eigenvalue weighted by molar-refractivity contribution is -0.141. The average Bonchev–Trinajstić information content (AvgIpc) is 3.08. The highest BCUT2D eigenvalue weighted by Crippen LogP contribution is 2.38. The predicted octanol–water partition coefficient (Wildman–Crippen LogP) is 0.610. The second-order valence-electron chi connectivity index (χ2n) is 5.89. The summed E-state index contributed by atoms with van der Waals surface area (Å²) in [5, 5.41) is 3.52. The number of likely N-dealkylation sites (tertiary alicyclic amines) is 1. The Labute approximate surface area is 130 Å². The number of nitrogens with zero attached hydrogens (tertiary/aromatic N) is 3. The first-order chi connectivity index (χ1) is 10.5. The minimum Gasteiger partial charge on any atom is -0.334 e. The van der Waals surface area contributed by atoms with Gasteiger partial charge in [-0.25, -0.2) is 13.1 Å². The van der Waals surface area contributed by atoms with Crippen molar-refractivity contribution in [2.45, 2.75) is 31.1 Å². The van der Waals surface area contributed by atoms with Crippen LogP contribution in [0.1, 0.15) is 35.1 Å². The third-order valence-corrected chi connectivity index (χ3v) is 4.45.